The Morgan fingerprint density at radius 1 is 1.29 bits per heavy atom. The van der Waals surface area contributed by atoms with Gasteiger partial charge in [-0.25, -0.2) is 8.78 Å². The fourth-order valence-electron chi connectivity index (χ4n) is 1.06. The molecule has 0 unspecified atom stereocenters. The third kappa shape index (κ3) is 2.71. The molecule has 0 amide bonds. The molecule has 5 heteroatoms. The number of halogens is 2. The molecule has 1 aromatic carbocycles. The van der Waals surface area contributed by atoms with E-state index in [0.29, 0.717) is 0 Å². The third-order valence-corrected chi connectivity index (χ3v) is 1.79. The molecule has 74 valence electrons. The van der Waals surface area contributed by atoms with Crippen LogP contribution in [0.5, 0.6) is 0 Å². The normalized spacial score (nSPS) is 10.7. The molecule has 0 aromatic heterocycles. The van der Waals surface area contributed by atoms with E-state index in [1.807, 2.05) is 0 Å². The molecule has 3 nitrogen and oxygen atoms in total. The van der Waals surface area contributed by atoms with Crippen LogP contribution in [0.15, 0.2) is 35.4 Å². The second-order valence-corrected chi connectivity index (χ2v) is 2.77. The van der Waals surface area contributed by atoms with Gasteiger partial charge in [-0.3, -0.25) is 0 Å². The lowest BCUT2D eigenvalue weighted by atomic mass is 10.1. The summed E-state index contributed by atoms with van der Waals surface area (Å²) in [5, 5.41) is 3.08. The standard InChI is InChI=1S/C9H9F2N3/c10-9(11,6-7-13-14-12)8-4-2-1-3-5-8/h1-5H,6-7H2. The predicted molar refractivity (Wildman–Crippen MR) is 49.0 cm³/mol. The Kier molecular flexibility index (Phi) is 3.42. The van der Waals surface area contributed by atoms with Crippen LogP contribution in [0, 0.1) is 0 Å². The highest BCUT2D eigenvalue weighted by Crippen LogP contribution is 2.31. The van der Waals surface area contributed by atoms with E-state index in [9.17, 15) is 8.78 Å². The van der Waals surface area contributed by atoms with E-state index in [4.69, 9.17) is 5.53 Å². The molecule has 0 saturated carbocycles. The van der Waals surface area contributed by atoms with Crippen molar-refractivity contribution in [1.29, 1.82) is 0 Å². The van der Waals surface area contributed by atoms with Crippen LogP contribution in [-0.4, -0.2) is 6.54 Å². The Hall–Kier alpha value is -1.61. The van der Waals surface area contributed by atoms with Crippen molar-refractivity contribution in [2.75, 3.05) is 6.54 Å². The van der Waals surface area contributed by atoms with Crippen LogP contribution >= 0.6 is 0 Å². The fraction of sp³-hybridized carbons (Fsp3) is 0.333. The number of hydrogen-bond donors (Lipinski definition) is 0. The van der Waals surface area contributed by atoms with Crippen LogP contribution in [0.1, 0.15) is 12.0 Å². The second-order valence-electron chi connectivity index (χ2n) is 2.77. The second kappa shape index (κ2) is 4.58. The molecule has 0 heterocycles. The predicted octanol–water partition coefficient (Wildman–Crippen LogP) is 3.48. The monoisotopic (exact) mass is 197 g/mol. The average molecular weight is 197 g/mol. The topological polar surface area (TPSA) is 48.8 Å². The van der Waals surface area contributed by atoms with Gasteiger partial charge in [0.2, 0.25) is 0 Å². The molecule has 0 saturated heterocycles. The molecule has 0 N–H and O–H groups in total. The van der Waals surface area contributed by atoms with Crippen LogP contribution in [0.2, 0.25) is 0 Å². The van der Waals surface area contributed by atoms with Gasteiger partial charge in [0.1, 0.15) is 0 Å². The number of alkyl halides is 2. The summed E-state index contributed by atoms with van der Waals surface area (Å²) in [6.45, 7) is -0.196. The molecule has 0 aliphatic rings. The summed E-state index contributed by atoms with van der Waals surface area (Å²) in [6, 6.07) is 7.49. The van der Waals surface area contributed by atoms with Gasteiger partial charge in [0.25, 0.3) is 5.92 Å². The van der Waals surface area contributed by atoms with Crippen molar-refractivity contribution < 1.29 is 8.78 Å². The van der Waals surface area contributed by atoms with Gasteiger partial charge < -0.3 is 0 Å². The van der Waals surface area contributed by atoms with Crippen molar-refractivity contribution in [3.63, 3.8) is 0 Å². The molecule has 0 radical (unpaired) electrons. The Labute approximate surface area is 80.0 Å². The summed E-state index contributed by atoms with van der Waals surface area (Å²) in [4.78, 5) is 2.42. The van der Waals surface area contributed by atoms with Crippen LogP contribution < -0.4 is 0 Å². The molecule has 0 bridgehead atoms. The molecule has 1 aromatic rings. The maximum absolute atomic E-state index is 13.3. The molecule has 14 heavy (non-hydrogen) atoms. The first kappa shape index (κ1) is 10.5. The Bertz CT molecular complexity index is 331. The van der Waals surface area contributed by atoms with Crippen molar-refractivity contribution in [2.24, 2.45) is 5.11 Å². The molecule has 1 rings (SSSR count). The first-order chi connectivity index (χ1) is 6.67. The van der Waals surface area contributed by atoms with Crippen molar-refractivity contribution in [2.45, 2.75) is 12.3 Å². The highest BCUT2D eigenvalue weighted by atomic mass is 19.3. The maximum atomic E-state index is 13.3. The molecule has 0 atom stereocenters. The number of hydrogen-bond acceptors (Lipinski definition) is 1. The van der Waals surface area contributed by atoms with Crippen LogP contribution in [0.4, 0.5) is 8.78 Å². The highest BCUT2D eigenvalue weighted by Gasteiger charge is 2.29. The maximum Gasteiger partial charge on any atom is 0.273 e. The van der Waals surface area contributed by atoms with Crippen LogP contribution in [0.3, 0.4) is 0 Å². The van der Waals surface area contributed by atoms with E-state index in [1.54, 1.807) is 18.2 Å². The molecule has 0 spiro atoms. The van der Waals surface area contributed by atoms with Gasteiger partial charge in [-0.15, -0.1) is 0 Å². The van der Waals surface area contributed by atoms with Gasteiger partial charge in [-0.05, 0) is 5.53 Å². The number of nitrogens with zero attached hydrogens (tertiary/aromatic N) is 3. The van der Waals surface area contributed by atoms with Crippen molar-refractivity contribution in [3.8, 4) is 0 Å². The lowest BCUT2D eigenvalue weighted by Crippen LogP contribution is -2.14. The minimum Gasteiger partial charge on any atom is -0.201 e. The lowest BCUT2D eigenvalue weighted by Gasteiger charge is -2.14. The largest absolute Gasteiger partial charge is 0.273 e. The van der Waals surface area contributed by atoms with E-state index >= 15 is 0 Å². The zero-order valence-corrected chi connectivity index (χ0v) is 7.40. The average Bonchev–Trinajstić information content (AvgIpc) is 2.19. The summed E-state index contributed by atoms with van der Waals surface area (Å²) < 4.78 is 26.6. The van der Waals surface area contributed by atoms with Gasteiger partial charge in [-0.2, -0.15) is 0 Å². The van der Waals surface area contributed by atoms with Gasteiger partial charge in [0.05, 0.1) is 0 Å². The molecular formula is C9H9F2N3. The van der Waals surface area contributed by atoms with Gasteiger partial charge in [0, 0.05) is 23.4 Å². The van der Waals surface area contributed by atoms with Gasteiger partial charge in [-0.1, -0.05) is 35.4 Å². The zero-order valence-electron chi connectivity index (χ0n) is 7.40. The number of azide groups is 1. The van der Waals surface area contributed by atoms with Crippen molar-refractivity contribution in [3.05, 3.63) is 46.3 Å². The van der Waals surface area contributed by atoms with E-state index in [0.717, 1.165) is 0 Å². The SMILES string of the molecule is [N-]=[N+]=NCCC(F)(F)c1ccccc1. The minimum absolute atomic E-state index is 0.0480. The number of rotatable bonds is 4. The van der Waals surface area contributed by atoms with E-state index in [1.165, 1.54) is 12.1 Å². The first-order valence-electron chi connectivity index (χ1n) is 4.11. The molecular weight excluding hydrogens is 188 g/mol. The first-order valence-corrected chi connectivity index (χ1v) is 4.11. The Morgan fingerprint density at radius 2 is 1.93 bits per heavy atom. The molecule has 0 aliphatic heterocycles. The quantitative estimate of drug-likeness (QED) is 0.403. The lowest BCUT2D eigenvalue weighted by molar-refractivity contribution is -0.0107. The number of benzene rings is 1. The zero-order chi connectivity index (χ0) is 10.4. The molecule has 0 aliphatic carbocycles. The Morgan fingerprint density at radius 3 is 2.50 bits per heavy atom. The van der Waals surface area contributed by atoms with Crippen molar-refractivity contribution >= 4 is 0 Å². The smallest absolute Gasteiger partial charge is 0.201 e. The van der Waals surface area contributed by atoms with Gasteiger partial charge in [0.15, 0.2) is 0 Å². The fourth-order valence-corrected chi connectivity index (χ4v) is 1.06. The summed E-state index contributed by atoms with van der Waals surface area (Å²) in [6.07, 6.45) is -0.457. The Balaban J connectivity index is 2.70. The van der Waals surface area contributed by atoms with Gasteiger partial charge >= 0.3 is 0 Å². The summed E-state index contributed by atoms with van der Waals surface area (Å²) in [5.41, 5.74) is 7.90. The molecule has 0 fully saturated rings. The summed E-state index contributed by atoms with van der Waals surface area (Å²) in [7, 11) is 0. The summed E-state index contributed by atoms with van der Waals surface area (Å²) in [5.74, 6) is -2.92. The van der Waals surface area contributed by atoms with E-state index in [2.05, 4.69) is 10.0 Å². The van der Waals surface area contributed by atoms with Crippen molar-refractivity contribution in [1.82, 2.24) is 0 Å². The van der Waals surface area contributed by atoms with E-state index in [-0.39, 0.29) is 12.1 Å². The third-order valence-electron chi connectivity index (χ3n) is 1.79. The minimum atomic E-state index is -2.92. The summed E-state index contributed by atoms with van der Waals surface area (Å²) >= 11 is 0. The van der Waals surface area contributed by atoms with Crippen LogP contribution in [-0.2, 0) is 5.92 Å². The van der Waals surface area contributed by atoms with Crippen LogP contribution in [0.25, 0.3) is 10.4 Å². The highest BCUT2D eigenvalue weighted by molar-refractivity contribution is 5.19. The van der Waals surface area contributed by atoms with E-state index < -0.39 is 12.3 Å².